The Labute approximate surface area is 223 Å². The first kappa shape index (κ1) is 27.5. The molecule has 1 atom stereocenters. The number of rotatable bonds is 10. The Kier molecular flexibility index (Phi) is 9.29. The predicted molar refractivity (Wildman–Crippen MR) is 142 cm³/mol. The van der Waals surface area contributed by atoms with Crippen molar-refractivity contribution in [3.63, 3.8) is 0 Å². The highest BCUT2D eigenvalue weighted by Crippen LogP contribution is 2.21. The van der Waals surface area contributed by atoms with Crippen LogP contribution in [0.2, 0.25) is 0 Å². The Morgan fingerprint density at radius 3 is 2.37 bits per heavy atom. The number of piperidine rings is 1. The molecular formula is C30H36FN3O4. The number of halogens is 1. The molecule has 1 aromatic heterocycles. The molecule has 0 N–H and O–H groups in total. The smallest absolute Gasteiger partial charge is 0.310 e. The number of oxazole rings is 1. The summed E-state index contributed by atoms with van der Waals surface area (Å²) >= 11 is 0. The van der Waals surface area contributed by atoms with Crippen LogP contribution in [-0.2, 0) is 29.2 Å². The number of hydrogen-bond donors (Lipinski definition) is 0. The summed E-state index contributed by atoms with van der Waals surface area (Å²) in [7, 11) is 0. The van der Waals surface area contributed by atoms with Gasteiger partial charge < -0.3 is 14.1 Å². The van der Waals surface area contributed by atoms with Crippen molar-refractivity contribution in [2.45, 2.75) is 59.2 Å². The van der Waals surface area contributed by atoms with Gasteiger partial charge >= 0.3 is 5.97 Å². The van der Waals surface area contributed by atoms with Gasteiger partial charge in [0.2, 0.25) is 5.89 Å². The fraction of sp³-hybridized carbons (Fsp3) is 0.433. The summed E-state index contributed by atoms with van der Waals surface area (Å²) < 4.78 is 24.3. The second-order valence-corrected chi connectivity index (χ2v) is 10.1. The molecule has 7 nitrogen and oxygen atoms in total. The van der Waals surface area contributed by atoms with Crippen molar-refractivity contribution in [1.82, 2.24) is 14.8 Å². The molecule has 0 aliphatic carbocycles. The van der Waals surface area contributed by atoms with E-state index in [1.54, 1.807) is 24.0 Å². The van der Waals surface area contributed by atoms with Crippen LogP contribution in [0.4, 0.5) is 4.39 Å². The van der Waals surface area contributed by atoms with E-state index in [1.165, 1.54) is 24.0 Å². The van der Waals surface area contributed by atoms with Gasteiger partial charge in [-0.3, -0.25) is 14.5 Å². The third-order valence-corrected chi connectivity index (χ3v) is 6.83. The lowest BCUT2D eigenvalue weighted by Crippen LogP contribution is -2.43. The molecule has 1 saturated heterocycles. The van der Waals surface area contributed by atoms with Crippen LogP contribution < -0.4 is 0 Å². The van der Waals surface area contributed by atoms with Gasteiger partial charge in [0.1, 0.15) is 12.1 Å². The van der Waals surface area contributed by atoms with Crippen LogP contribution in [0.25, 0.3) is 0 Å². The van der Waals surface area contributed by atoms with Gasteiger partial charge in [-0.05, 0) is 54.5 Å². The van der Waals surface area contributed by atoms with Gasteiger partial charge in [-0.1, -0.05) is 50.2 Å². The van der Waals surface area contributed by atoms with E-state index in [4.69, 9.17) is 9.15 Å². The molecule has 4 rings (SSSR count). The maximum atomic E-state index is 13.5. The Morgan fingerprint density at radius 2 is 1.74 bits per heavy atom. The summed E-state index contributed by atoms with van der Waals surface area (Å²) in [4.78, 5) is 33.6. The number of carbonyl (C=O) groups is 2. The number of esters is 1. The molecule has 0 spiro atoms. The van der Waals surface area contributed by atoms with Crippen molar-refractivity contribution >= 4 is 11.9 Å². The zero-order valence-electron chi connectivity index (χ0n) is 22.4. The molecule has 202 valence electrons. The van der Waals surface area contributed by atoms with Crippen LogP contribution in [0.1, 0.15) is 72.6 Å². The Bertz CT molecular complexity index is 1210. The molecule has 1 fully saturated rings. The van der Waals surface area contributed by atoms with E-state index in [9.17, 15) is 14.0 Å². The second kappa shape index (κ2) is 12.8. The predicted octanol–water partition coefficient (Wildman–Crippen LogP) is 5.55. The normalized spacial score (nSPS) is 15.7. The van der Waals surface area contributed by atoms with E-state index in [0.29, 0.717) is 57.6 Å². The fourth-order valence-electron chi connectivity index (χ4n) is 4.73. The van der Waals surface area contributed by atoms with Crippen LogP contribution in [0.5, 0.6) is 0 Å². The summed E-state index contributed by atoms with van der Waals surface area (Å²) in [6.07, 6.45) is 2.84. The second-order valence-electron chi connectivity index (χ2n) is 10.1. The Balaban J connectivity index is 1.46. The van der Waals surface area contributed by atoms with E-state index in [1.807, 2.05) is 0 Å². The van der Waals surface area contributed by atoms with Crippen LogP contribution in [0.15, 0.2) is 59.2 Å². The number of ether oxygens (including phenoxy) is 1. The van der Waals surface area contributed by atoms with Crippen LogP contribution in [0.3, 0.4) is 0 Å². The molecular weight excluding hydrogens is 485 g/mol. The Morgan fingerprint density at radius 1 is 1.08 bits per heavy atom. The SMILES string of the molecule is CCOC(=O)[C@@H]1CCCN(C(=O)c2coc(CN(Cc3ccc(F)cc3)Cc3ccc(C(C)C)cc3)n2)C1. The van der Waals surface area contributed by atoms with Crippen LogP contribution in [-0.4, -0.2) is 46.4 Å². The first-order valence-electron chi connectivity index (χ1n) is 13.3. The van der Waals surface area contributed by atoms with Gasteiger partial charge in [0.25, 0.3) is 5.91 Å². The average molecular weight is 522 g/mol. The van der Waals surface area contributed by atoms with Crippen molar-refractivity contribution in [1.29, 1.82) is 0 Å². The number of benzene rings is 2. The van der Waals surface area contributed by atoms with E-state index in [2.05, 4.69) is 48.0 Å². The summed E-state index contributed by atoms with van der Waals surface area (Å²) in [5.41, 5.74) is 3.61. The third-order valence-electron chi connectivity index (χ3n) is 6.83. The maximum absolute atomic E-state index is 13.5. The largest absolute Gasteiger partial charge is 0.466 e. The zero-order valence-corrected chi connectivity index (χ0v) is 22.4. The highest BCUT2D eigenvalue weighted by Gasteiger charge is 2.31. The maximum Gasteiger partial charge on any atom is 0.310 e. The number of carbonyl (C=O) groups excluding carboxylic acids is 2. The van der Waals surface area contributed by atoms with Gasteiger partial charge in [-0.2, -0.15) is 0 Å². The molecule has 0 saturated carbocycles. The highest BCUT2D eigenvalue weighted by atomic mass is 19.1. The first-order valence-corrected chi connectivity index (χ1v) is 13.3. The minimum absolute atomic E-state index is 0.229. The lowest BCUT2D eigenvalue weighted by atomic mass is 9.98. The van der Waals surface area contributed by atoms with E-state index in [0.717, 1.165) is 17.5 Å². The molecule has 0 unspecified atom stereocenters. The minimum Gasteiger partial charge on any atom is -0.466 e. The van der Waals surface area contributed by atoms with Gasteiger partial charge in [-0.15, -0.1) is 0 Å². The molecule has 8 heteroatoms. The van der Waals surface area contributed by atoms with Crippen LogP contribution >= 0.6 is 0 Å². The van der Waals surface area contributed by atoms with Crippen molar-refractivity contribution in [3.8, 4) is 0 Å². The van der Waals surface area contributed by atoms with Crippen molar-refractivity contribution in [2.75, 3.05) is 19.7 Å². The Hall–Kier alpha value is -3.52. The van der Waals surface area contributed by atoms with Crippen molar-refractivity contribution in [2.24, 2.45) is 5.92 Å². The summed E-state index contributed by atoms with van der Waals surface area (Å²) in [5, 5.41) is 0. The molecule has 38 heavy (non-hydrogen) atoms. The summed E-state index contributed by atoms with van der Waals surface area (Å²) in [5.74, 6) is -0.217. The fourth-order valence-corrected chi connectivity index (χ4v) is 4.73. The highest BCUT2D eigenvalue weighted by molar-refractivity contribution is 5.92. The third kappa shape index (κ3) is 7.28. The van der Waals surface area contributed by atoms with E-state index in [-0.39, 0.29) is 29.3 Å². The zero-order chi connectivity index (χ0) is 27.1. The van der Waals surface area contributed by atoms with Gasteiger partial charge in [0.05, 0.1) is 19.1 Å². The number of amides is 1. The van der Waals surface area contributed by atoms with E-state index < -0.39 is 0 Å². The summed E-state index contributed by atoms with van der Waals surface area (Å²) in [6, 6.07) is 15.0. The van der Waals surface area contributed by atoms with E-state index >= 15 is 0 Å². The van der Waals surface area contributed by atoms with Gasteiger partial charge in [0, 0.05) is 26.2 Å². The molecule has 0 radical (unpaired) electrons. The van der Waals surface area contributed by atoms with Gasteiger partial charge in [-0.25, -0.2) is 9.37 Å². The quantitative estimate of drug-likeness (QED) is 0.326. The molecule has 2 heterocycles. The molecule has 1 aliphatic heterocycles. The molecule has 3 aromatic rings. The first-order chi connectivity index (χ1) is 18.3. The van der Waals surface area contributed by atoms with Gasteiger partial charge in [0.15, 0.2) is 5.69 Å². The lowest BCUT2D eigenvalue weighted by Gasteiger charge is -2.30. The number of aromatic nitrogens is 1. The number of nitrogens with zero attached hydrogens (tertiary/aromatic N) is 3. The monoisotopic (exact) mass is 521 g/mol. The number of likely N-dealkylation sites (tertiary alicyclic amines) is 1. The molecule has 1 amide bonds. The standard InChI is InChI=1S/C30H36FN3O4/c1-4-37-30(36)25-6-5-15-34(18-25)29(35)27-20-38-28(32-27)19-33(17-23-9-13-26(31)14-10-23)16-22-7-11-24(12-8-22)21(2)3/h7-14,20-21,25H,4-6,15-19H2,1-3H3/t25-/m1/s1. The minimum atomic E-state index is -0.313. The molecule has 2 aromatic carbocycles. The summed E-state index contributed by atoms with van der Waals surface area (Å²) in [6.45, 7) is 8.90. The lowest BCUT2D eigenvalue weighted by molar-refractivity contribution is -0.149. The van der Waals surface area contributed by atoms with Crippen LogP contribution in [0, 0.1) is 11.7 Å². The number of hydrogen-bond acceptors (Lipinski definition) is 6. The van der Waals surface area contributed by atoms with Crippen molar-refractivity contribution in [3.05, 3.63) is 88.9 Å². The van der Waals surface area contributed by atoms with Crippen molar-refractivity contribution < 1.29 is 23.1 Å². The molecule has 0 bridgehead atoms. The molecule has 1 aliphatic rings. The average Bonchev–Trinajstić information content (AvgIpc) is 3.38. The topological polar surface area (TPSA) is 75.9 Å².